The van der Waals surface area contributed by atoms with Gasteiger partial charge in [-0.25, -0.2) is 0 Å². The highest BCUT2D eigenvalue weighted by Crippen LogP contribution is 2.05. The molecular weight excluding hydrogens is 220 g/mol. The molecule has 1 aromatic rings. The van der Waals surface area contributed by atoms with Crippen molar-refractivity contribution in [3.8, 4) is 6.07 Å². The molecule has 0 heterocycles. The molecule has 96 valence electrons. The Hall–Kier alpha value is -1.59. The van der Waals surface area contributed by atoms with Crippen LogP contribution in [-0.2, 0) is 0 Å². The molecule has 18 heavy (non-hydrogen) atoms. The van der Waals surface area contributed by atoms with E-state index in [0.717, 1.165) is 25.2 Å². The minimum Gasteiger partial charge on any atom is -0.300 e. The molecule has 1 aromatic carbocycles. The lowest BCUT2D eigenvalue weighted by atomic mass is 10.1. The van der Waals surface area contributed by atoms with Crippen LogP contribution in [0.5, 0.6) is 0 Å². The van der Waals surface area contributed by atoms with Crippen LogP contribution in [0.2, 0.25) is 0 Å². The zero-order valence-electron chi connectivity index (χ0n) is 11.4. The number of hydrogen-bond acceptors (Lipinski definition) is 2. The molecule has 0 bridgehead atoms. The summed E-state index contributed by atoms with van der Waals surface area (Å²) in [6.45, 7) is 7.75. The minimum atomic E-state index is 0.714. The van der Waals surface area contributed by atoms with E-state index in [1.54, 1.807) is 0 Å². The van der Waals surface area contributed by atoms with E-state index < -0.39 is 0 Å². The van der Waals surface area contributed by atoms with Gasteiger partial charge in [0, 0.05) is 6.54 Å². The van der Waals surface area contributed by atoms with Crippen LogP contribution in [-0.4, -0.2) is 24.5 Å². The van der Waals surface area contributed by atoms with Crippen molar-refractivity contribution in [2.45, 2.75) is 26.7 Å². The normalized spacial score (nSPS) is 11.0. The lowest BCUT2D eigenvalue weighted by Crippen LogP contribution is -2.25. The van der Waals surface area contributed by atoms with Gasteiger partial charge in [0.15, 0.2) is 0 Å². The Morgan fingerprint density at radius 2 is 1.72 bits per heavy atom. The average molecular weight is 242 g/mol. The molecule has 0 aliphatic rings. The zero-order valence-corrected chi connectivity index (χ0v) is 11.4. The fourth-order valence-electron chi connectivity index (χ4n) is 1.93. The van der Waals surface area contributed by atoms with Crippen molar-refractivity contribution in [1.29, 1.82) is 5.26 Å². The van der Waals surface area contributed by atoms with E-state index in [2.05, 4.69) is 37.0 Å². The molecule has 0 spiro atoms. The predicted octanol–water partition coefficient (Wildman–Crippen LogP) is 3.69. The van der Waals surface area contributed by atoms with Crippen LogP contribution in [0.15, 0.2) is 30.3 Å². The first-order chi connectivity index (χ1) is 8.80. The second kappa shape index (κ2) is 8.49. The standard InChI is InChI=1S/C16H22N2/c1-3-11-18(12-4-2)13-5-6-15-7-9-16(14-17)10-8-15/h5-10H,3-4,11-13H2,1-2H3/b6-5+. The van der Waals surface area contributed by atoms with Gasteiger partial charge in [0.2, 0.25) is 0 Å². The zero-order chi connectivity index (χ0) is 13.2. The Bertz CT molecular complexity index is 392. The SMILES string of the molecule is CCCN(C/C=C/c1ccc(C#N)cc1)CCC. The Balaban J connectivity index is 2.49. The van der Waals surface area contributed by atoms with Gasteiger partial charge in [0.1, 0.15) is 0 Å². The van der Waals surface area contributed by atoms with Gasteiger partial charge >= 0.3 is 0 Å². The Morgan fingerprint density at radius 1 is 1.11 bits per heavy atom. The smallest absolute Gasteiger partial charge is 0.0991 e. The summed E-state index contributed by atoms with van der Waals surface area (Å²) in [5, 5.41) is 8.72. The first-order valence-corrected chi connectivity index (χ1v) is 6.69. The molecular formula is C16H22N2. The molecule has 2 heteroatoms. The maximum Gasteiger partial charge on any atom is 0.0991 e. The molecule has 0 N–H and O–H groups in total. The highest BCUT2D eigenvalue weighted by atomic mass is 15.1. The molecule has 0 aromatic heterocycles. The summed E-state index contributed by atoms with van der Waals surface area (Å²) in [6, 6.07) is 9.81. The van der Waals surface area contributed by atoms with Gasteiger partial charge < -0.3 is 0 Å². The van der Waals surface area contributed by atoms with Gasteiger partial charge in [-0.3, -0.25) is 4.90 Å². The number of rotatable bonds is 7. The molecule has 0 aliphatic heterocycles. The summed E-state index contributed by atoms with van der Waals surface area (Å²) in [5.74, 6) is 0. The lowest BCUT2D eigenvalue weighted by molar-refractivity contribution is 0.304. The van der Waals surface area contributed by atoms with E-state index in [9.17, 15) is 0 Å². The molecule has 0 radical (unpaired) electrons. The summed E-state index contributed by atoms with van der Waals surface area (Å²) in [7, 11) is 0. The molecule has 0 saturated heterocycles. The van der Waals surface area contributed by atoms with Crippen LogP contribution >= 0.6 is 0 Å². The van der Waals surface area contributed by atoms with E-state index in [4.69, 9.17) is 5.26 Å². The maximum atomic E-state index is 8.72. The van der Waals surface area contributed by atoms with Crippen LogP contribution in [0.1, 0.15) is 37.8 Å². The molecule has 0 saturated carbocycles. The largest absolute Gasteiger partial charge is 0.300 e. The van der Waals surface area contributed by atoms with Crippen molar-refractivity contribution in [2.75, 3.05) is 19.6 Å². The van der Waals surface area contributed by atoms with Crippen LogP contribution in [0.4, 0.5) is 0 Å². The van der Waals surface area contributed by atoms with Crippen molar-refractivity contribution in [3.05, 3.63) is 41.5 Å². The van der Waals surface area contributed by atoms with Crippen LogP contribution in [0, 0.1) is 11.3 Å². The van der Waals surface area contributed by atoms with Gasteiger partial charge in [0.05, 0.1) is 11.6 Å². The molecule has 2 nitrogen and oxygen atoms in total. The third-order valence-electron chi connectivity index (χ3n) is 2.79. The van der Waals surface area contributed by atoms with Crippen molar-refractivity contribution in [2.24, 2.45) is 0 Å². The van der Waals surface area contributed by atoms with Crippen molar-refractivity contribution < 1.29 is 0 Å². The van der Waals surface area contributed by atoms with E-state index in [0.29, 0.717) is 5.56 Å². The van der Waals surface area contributed by atoms with Crippen LogP contribution in [0.25, 0.3) is 6.08 Å². The van der Waals surface area contributed by atoms with Gasteiger partial charge in [-0.1, -0.05) is 38.1 Å². The summed E-state index contributed by atoms with van der Waals surface area (Å²) < 4.78 is 0. The van der Waals surface area contributed by atoms with Gasteiger partial charge in [-0.05, 0) is 43.6 Å². The molecule has 0 atom stereocenters. The van der Waals surface area contributed by atoms with Gasteiger partial charge in [-0.2, -0.15) is 5.26 Å². The molecule has 0 amide bonds. The lowest BCUT2D eigenvalue weighted by Gasteiger charge is -2.18. The van der Waals surface area contributed by atoms with Gasteiger partial charge in [0.25, 0.3) is 0 Å². The Morgan fingerprint density at radius 3 is 2.22 bits per heavy atom. The highest BCUT2D eigenvalue weighted by molar-refractivity contribution is 5.51. The number of benzene rings is 1. The van der Waals surface area contributed by atoms with Gasteiger partial charge in [-0.15, -0.1) is 0 Å². The number of hydrogen-bond donors (Lipinski definition) is 0. The van der Waals surface area contributed by atoms with Crippen molar-refractivity contribution >= 4 is 6.08 Å². The summed E-state index contributed by atoms with van der Waals surface area (Å²) in [6.07, 6.45) is 6.72. The fraction of sp³-hybridized carbons (Fsp3) is 0.438. The van der Waals surface area contributed by atoms with Crippen molar-refractivity contribution in [3.63, 3.8) is 0 Å². The van der Waals surface area contributed by atoms with Crippen LogP contribution < -0.4 is 0 Å². The number of nitrogens with zero attached hydrogens (tertiary/aromatic N) is 2. The fourth-order valence-corrected chi connectivity index (χ4v) is 1.93. The first kappa shape index (κ1) is 14.5. The summed E-state index contributed by atoms with van der Waals surface area (Å²) in [4.78, 5) is 2.46. The second-order valence-corrected chi connectivity index (χ2v) is 4.44. The molecule has 0 aliphatic carbocycles. The van der Waals surface area contributed by atoms with E-state index >= 15 is 0 Å². The summed E-state index contributed by atoms with van der Waals surface area (Å²) in [5.41, 5.74) is 1.87. The average Bonchev–Trinajstić information content (AvgIpc) is 2.40. The summed E-state index contributed by atoms with van der Waals surface area (Å²) >= 11 is 0. The topological polar surface area (TPSA) is 27.0 Å². The van der Waals surface area contributed by atoms with E-state index in [1.165, 1.54) is 12.8 Å². The monoisotopic (exact) mass is 242 g/mol. The first-order valence-electron chi connectivity index (χ1n) is 6.69. The van der Waals surface area contributed by atoms with Crippen LogP contribution in [0.3, 0.4) is 0 Å². The molecule has 1 rings (SSSR count). The Labute approximate surface area is 111 Å². The third-order valence-corrected chi connectivity index (χ3v) is 2.79. The number of nitriles is 1. The molecule has 0 fully saturated rings. The quantitative estimate of drug-likeness (QED) is 0.729. The van der Waals surface area contributed by atoms with E-state index in [-0.39, 0.29) is 0 Å². The highest BCUT2D eigenvalue weighted by Gasteiger charge is 1.98. The van der Waals surface area contributed by atoms with E-state index in [1.807, 2.05) is 24.3 Å². The maximum absolute atomic E-state index is 8.72. The predicted molar refractivity (Wildman–Crippen MR) is 77.2 cm³/mol. The minimum absolute atomic E-state index is 0.714. The Kier molecular flexibility index (Phi) is 6.83. The molecule has 0 unspecified atom stereocenters. The second-order valence-electron chi connectivity index (χ2n) is 4.44. The van der Waals surface area contributed by atoms with Crippen molar-refractivity contribution in [1.82, 2.24) is 4.90 Å². The third kappa shape index (κ3) is 5.16.